The van der Waals surface area contributed by atoms with Gasteiger partial charge >= 0.3 is 0 Å². The lowest BCUT2D eigenvalue weighted by Crippen LogP contribution is -2.22. The van der Waals surface area contributed by atoms with Crippen LogP contribution in [0.15, 0.2) is 65.8 Å². The molecule has 2 aromatic carbocycles. The maximum atomic E-state index is 13.4. The van der Waals surface area contributed by atoms with Crippen LogP contribution in [0.3, 0.4) is 0 Å². The van der Waals surface area contributed by atoms with E-state index in [0.717, 1.165) is 24.1 Å². The molecule has 0 atom stereocenters. The number of guanidine groups is 1. The molecule has 0 saturated heterocycles. The van der Waals surface area contributed by atoms with Crippen molar-refractivity contribution in [1.82, 2.24) is 4.98 Å². The Labute approximate surface area is 163 Å². The minimum absolute atomic E-state index is 0.294. The summed E-state index contributed by atoms with van der Waals surface area (Å²) >= 11 is 0. The van der Waals surface area contributed by atoms with Crippen LogP contribution in [0.1, 0.15) is 23.1 Å². The standard InChI is InChI=1S/C22H21FN4O/c23-18-7-2-8-20(13-18)28-21-17(6-3-11-25-21)14-26-22(24)27-19-10-9-15-4-1-5-16(15)12-19/h2-3,6-13H,1,4-5,14H2,(H3,24,26,27). The highest BCUT2D eigenvalue weighted by atomic mass is 19.1. The molecule has 0 fully saturated rings. The summed E-state index contributed by atoms with van der Waals surface area (Å²) in [7, 11) is 0. The Kier molecular flexibility index (Phi) is 5.19. The number of nitrogens with one attached hydrogen (secondary N) is 1. The van der Waals surface area contributed by atoms with Crippen LogP contribution in [0.4, 0.5) is 10.1 Å². The molecule has 6 heteroatoms. The first-order valence-corrected chi connectivity index (χ1v) is 9.23. The molecule has 142 valence electrons. The van der Waals surface area contributed by atoms with E-state index in [1.54, 1.807) is 24.4 Å². The number of hydrogen-bond donors (Lipinski definition) is 2. The van der Waals surface area contributed by atoms with Crippen LogP contribution in [0, 0.1) is 5.82 Å². The van der Waals surface area contributed by atoms with Gasteiger partial charge in [0, 0.05) is 23.5 Å². The molecule has 0 radical (unpaired) electrons. The highest BCUT2D eigenvalue weighted by molar-refractivity contribution is 5.92. The number of fused-ring (bicyclic) bond motifs is 1. The number of rotatable bonds is 5. The van der Waals surface area contributed by atoms with Gasteiger partial charge in [-0.25, -0.2) is 14.4 Å². The Morgan fingerprint density at radius 1 is 1.11 bits per heavy atom. The second kappa shape index (κ2) is 8.08. The molecule has 1 aromatic heterocycles. The summed E-state index contributed by atoms with van der Waals surface area (Å²) in [4.78, 5) is 8.62. The van der Waals surface area contributed by atoms with Crippen molar-refractivity contribution in [2.75, 3.05) is 5.32 Å². The van der Waals surface area contributed by atoms with Crippen molar-refractivity contribution in [3.8, 4) is 11.6 Å². The number of halogens is 1. The van der Waals surface area contributed by atoms with Gasteiger partial charge in [-0.05, 0) is 60.7 Å². The van der Waals surface area contributed by atoms with Crippen molar-refractivity contribution in [2.24, 2.45) is 10.7 Å². The van der Waals surface area contributed by atoms with Gasteiger partial charge < -0.3 is 15.8 Å². The predicted octanol–water partition coefficient (Wildman–Crippen LogP) is 4.43. The topological polar surface area (TPSA) is 72.5 Å². The van der Waals surface area contributed by atoms with Crippen molar-refractivity contribution in [2.45, 2.75) is 25.8 Å². The molecule has 1 aliphatic carbocycles. The number of nitrogens with two attached hydrogens (primary N) is 1. The fourth-order valence-corrected chi connectivity index (χ4v) is 3.29. The van der Waals surface area contributed by atoms with E-state index in [-0.39, 0.29) is 5.82 Å². The fraction of sp³-hybridized carbons (Fsp3) is 0.182. The number of anilines is 1. The summed E-state index contributed by atoms with van der Waals surface area (Å²) in [6.45, 7) is 0.294. The van der Waals surface area contributed by atoms with E-state index in [1.165, 1.54) is 29.7 Å². The first-order chi connectivity index (χ1) is 13.7. The maximum Gasteiger partial charge on any atom is 0.224 e. The molecule has 0 aliphatic heterocycles. The highest BCUT2D eigenvalue weighted by Gasteiger charge is 2.11. The van der Waals surface area contributed by atoms with Crippen LogP contribution < -0.4 is 15.8 Å². The van der Waals surface area contributed by atoms with E-state index in [2.05, 4.69) is 27.4 Å². The highest BCUT2D eigenvalue weighted by Crippen LogP contribution is 2.25. The Balaban J connectivity index is 1.45. The predicted molar refractivity (Wildman–Crippen MR) is 108 cm³/mol. The van der Waals surface area contributed by atoms with Crippen molar-refractivity contribution >= 4 is 11.6 Å². The number of pyridine rings is 1. The molecular weight excluding hydrogens is 355 g/mol. The quantitative estimate of drug-likeness (QED) is 0.510. The number of aromatic nitrogens is 1. The molecule has 3 aromatic rings. The van der Waals surface area contributed by atoms with Crippen LogP contribution in [0.25, 0.3) is 0 Å². The summed E-state index contributed by atoms with van der Waals surface area (Å²) in [5, 5.41) is 3.14. The summed E-state index contributed by atoms with van der Waals surface area (Å²) < 4.78 is 19.1. The minimum Gasteiger partial charge on any atom is -0.439 e. The van der Waals surface area contributed by atoms with E-state index < -0.39 is 0 Å². The van der Waals surface area contributed by atoms with Crippen molar-refractivity contribution in [3.63, 3.8) is 0 Å². The fourth-order valence-electron chi connectivity index (χ4n) is 3.29. The molecule has 0 spiro atoms. The Bertz CT molecular complexity index is 1020. The van der Waals surface area contributed by atoms with Gasteiger partial charge in [-0.3, -0.25) is 0 Å². The lowest BCUT2D eigenvalue weighted by molar-refractivity contribution is 0.452. The lowest BCUT2D eigenvalue weighted by Gasteiger charge is -2.10. The van der Waals surface area contributed by atoms with Crippen LogP contribution >= 0.6 is 0 Å². The van der Waals surface area contributed by atoms with Crippen molar-refractivity contribution in [1.29, 1.82) is 0 Å². The molecule has 0 unspecified atom stereocenters. The third kappa shape index (κ3) is 4.28. The zero-order chi connectivity index (χ0) is 19.3. The average Bonchev–Trinajstić information content (AvgIpc) is 3.15. The van der Waals surface area contributed by atoms with Gasteiger partial charge in [-0.15, -0.1) is 0 Å². The first-order valence-electron chi connectivity index (χ1n) is 9.23. The Morgan fingerprint density at radius 2 is 2.00 bits per heavy atom. The largest absolute Gasteiger partial charge is 0.439 e. The normalized spacial score (nSPS) is 13.2. The number of nitrogens with zero attached hydrogens (tertiary/aromatic N) is 2. The van der Waals surface area contributed by atoms with Gasteiger partial charge in [-0.1, -0.05) is 18.2 Å². The van der Waals surface area contributed by atoms with E-state index in [1.807, 2.05) is 12.1 Å². The summed E-state index contributed by atoms with van der Waals surface area (Å²) in [5.74, 6) is 0.713. The average molecular weight is 376 g/mol. The second-order valence-corrected chi connectivity index (χ2v) is 6.69. The molecule has 1 heterocycles. The van der Waals surface area contributed by atoms with Crippen molar-refractivity contribution < 1.29 is 9.13 Å². The Morgan fingerprint density at radius 3 is 2.89 bits per heavy atom. The third-order valence-corrected chi connectivity index (χ3v) is 4.65. The molecule has 4 rings (SSSR count). The molecule has 0 amide bonds. The molecule has 1 aliphatic rings. The lowest BCUT2D eigenvalue weighted by atomic mass is 10.1. The minimum atomic E-state index is -0.365. The number of ether oxygens (including phenoxy) is 1. The molecule has 5 nitrogen and oxygen atoms in total. The smallest absolute Gasteiger partial charge is 0.224 e. The Hall–Kier alpha value is -3.41. The van der Waals surface area contributed by atoms with Crippen LogP contribution in [0.5, 0.6) is 11.6 Å². The van der Waals surface area contributed by atoms with Crippen LogP contribution in [-0.2, 0) is 19.4 Å². The summed E-state index contributed by atoms with van der Waals surface area (Å²) in [5.41, 5.74) is 10.5. The number of hydrogen-bond acceptors (Lipinski definition) is 3. The van der Waals surface area contributed by atoms with Crippen LogP contribution in [0.2, 0.25) is 0 Å². The van der Waals surface area contributed by atoms with Crippen LogP contribution in [-0.4, -0.2) is 10.9 Å². The molecule has 3 N–H and O–H groups in total. The van der Waals surface area contributed by atoms with Gasteiger partial charge in [0.15, 0.2) is 5.96 Å². The van der Waals surface area contributed by atoms with E-state index >= 15 is 0 Å². The molecular formula is C22H21FN4O. The van der Waals surface area contributed by atoms with E-state index in [4.69, 9.17) is 10.5 Å². The van der Waals surface area contributed by atoms with E-state index in [9.17, 15) is 4.39 Å². The van der Waals surface area contributed by atoms with Crippen molar-refractivity contribution in [3.05, 3.63) is 83.3 Å². The molecule has 28 heavy (non-hydrogen) atoms. The van der Waals surface area contributed by atoms with Gasteiger partial charge in [-0.2, -0.15) is 0 Å². The van der Waals surface area contributed by atoms with Gasteiger partial charge in [0.2, 0.25) is 5.88 Å². The number of aryl methyl sites for hydroxylation is 2. The number of aliphatic imine (C=N–C) groups is 1. The van der Waals surface area contributed by atoms with Gasteiger partial charge in [0.05, 0.1) is 6.54 Å². The number of benzene rings is 2. The first kappa shape index (κ1) is 18.0. The second-order valence-electron chi connectivity index (χ2n) is 6.69. The SMILES string of the molecule is NC(=NCc1cccnc1Oc1cccc(F)c1)Nc1ccc2c(c1)CCC2. The summed E-state index contributed by atoms with van der Waals surface area (Å²) in [6.07, 6.45) is 5.08. The van der Waals surface area contributed by atoms with E-state index in [0.29, 0.717) is 24.1 Å². The summed E-state index contributed by atoms with van der Waals surface area (Å²) in [6, 6.07) is 15.9. The molecule has 0 bridgehead atoms. The monoisotopic (exact) mass is 376 g/mol. The zero-order valence-electron chi connectivity index (χ0n) is 15.4. The third-order valence-electron chi connectivity index (χ3n) is 4.65. The van der Waals surface area contributed by atoms with Gasteiger partial charge in [0.25, 0.3) is 0 Å². The maximum absolute atomic E-state index is 13.4. The molecule has 0 saturated carbocycles. The van der Waals surface area contributed by atoms with Gasteiger partial charge in [0.1, 0.15) is 11.6 Å². The zero-order valence-corrected chi connectivity index (χ0v) is 15.4.